The number of nitrogens with one attached hydrogen (secondary N) is 1. The number of benzene rings is 1. The predicted molar refractivity (Wildman–Crippen MR) is 103 cm³/mol. The van der Waals surface area contributed by atoms with E-state index in [0.29, 0.717) is 11.6 Å². The van der Waals surface area contributed by atoms with Crippen LogP contribution in [0.15, 0.2) is 18.2 Å². The van der Waals surface area contributed by atoms with Crippen molar-refractivity contribution in [3.05, 3.63) is 34.2 Å². The minimum absolute atomic E-state index is 0.309. The Bertz CT molecular complexity index is 923. The number of aliphatic carboxylic acids is 1. The minimum Gasteiger partial charge on any atom is -0.481 e. The number of carboxylic acids is 1. The van der Waals surface area contributed by atoms with Crippen LogP contribution in [-0.4, -0.2) is 34.2 Å². The van der Waals surface area contributed by atoms with Gasteiger partial charge in [-0.15, -0.1) is 11.3 Å². The number of carboxylic acid groups (broad SMARTS) is 1. The number of thiazole rings is 1. The van der Waals surface area contributed by atoms with E-state index in [2.05, 4.69) is 36.3 Å². The van der Waals surface area contributed by atoms with E-state index in [1.165, 1.54) is 22.5 Å². The number of fused-ring (bicyclic) bond motifs is 2. The molecule has 2 aliphatic heterocycles. The number of amides is 1. The molecular formula is C20H22N2O4S. The first-order valence-electron chi connectivity index (χ1n) is 9.09. The number of aromatic nitrogens is 1. The van der Waals surface area contributed by atoms with Gasteiger partial charge in [0, 0.05) is 10.4 Å². The lowest BCUT2D eigenvalue weighted by Crippen LogP contribution is -2.40. The van der Waals surface area contributed by atoms with E-state index >= 15 is 0 Å². The molecule has 0 spiro atoms. The molecule has 7 heteroatoms. The van der Waals surface area contributed by atoms with E-state index in [0.717, 1.165) is 22.6 Å². The summed E-state index contributed by atoms with van der Waals surface area (Å²) in [5, 5.41) is 12.8. The van der Waals surface area contributed by atoms with E-state index in [4.69, 9.17) is 4.74 Å². The third-order valence-corrected chi connectivity index (χ3v) is 6.55. The summed E-state index contributed by atoms with van der Waals surface area (Å²) >= 11 is 1.40. The Labute approximate surface area is 161 Å². The second-order valence-corrected chi connectivity index (χ2v) is 8.60. The summed E-state index contributed by atoms with van der Waals surface area (Å²) in [4.78, 5) is 30.0. The summed E-state index contributed by atoms with van der Waals surface area (Å²) in [6.45, 7) is 6.10. The number of nitrogens with zero attached hydrogens (tertiary/aromatic N) is 1. The molecule has 1 amide bonds. The van der Waals surface area contributed by atoms with Crippen molar-refractivity contribution in [3.8, 4) is 11.3 Å². The van der Waals surface area contributed by atoms with Crippen LogP contribution in [0.25, 0.3) is 11.3 Å². The number of hydrogen-bond acceptors (Lipinski definition) is 5. The molecular weight excluding hydrogens is 364 g/mol. The monoisotopic (exact) mass is 386 g/mol. The van der Waals surface area contributed by atoms with E-state index in [1.54, 1.807) is 0 Å². The molecule has 0 aliphatic carbocycles. The summed E-state index contributed by atoms with van der Waals surface area (Å²) in [5.41, 5.74) is 4.27. The lowest BCUT2D eigenvalue weighted by atomic mass is 9.79. The number of carbonyl (C=O) groups is 2. The summed E-state index contributed by atoms with van der Waals surface area (Å²) in [6.07, 6.45) is 0.777. The molecule has 0 saturated carbocycles. The van der Waals surface area contributed by atoms with E-state index in [9.17, 15) is 14.7 Å². The largest absolute Gasteiger partial charge is 0.481 e. The average Bonchev–Trinajstić information content (AvgIpc) is 3.31. The molecule has 27 heavy (non-hydrogen) atoms. The van der Waals surface area contributed by atoms with Gasteiger partial charge in [0.1, 0.15) is 0 Å². The standard InChI is InChI=1S/C20H22N2O4S/c1-9-4-5-12(8-10(9)2)17-11(3)27-20(21-17)22-18(23)15-13-6-7-14(26-13)16(15)19(24)25/h4-5,8,13-16H,6-7H2,1-3H3,(H,24,25)(H,21,22,23)/t13-,14-,15-,16-/m1/s1. The van der Waals surface area contributed by atoms with Crippen molar-refractivity contribution in [1.29, 1.82) is 0 Å². The van der Waals surface area contributed by atoms with Crippen LogP contribution >= 0.6 is 11.3 Å². The first-order valence-corrected chi connectivity index (χ1v) is 9.91. The quantitative estimate of drug-likeness (QED) is 0.839. The Morgan fingerprint density at radius 3 is 2.52 bits per heavy atom. The molecule has 2 aliphatic rings. The van der Waals surface area contributed by atoms with Crippen LogP contribution < -0.4 is 5.32 Å². The minimum atomic E-state index is -0.964. The zero-order chi connectivity index (χ0) is 19.3. The third-order valence-electron chi connectivity index (χ3n) is 5.67. The molecule has 0 unspecified atom stereocenters. The van der Waals surface area contributed by atoms with Crippen LogP contribution in [0.4, 0.5) is 5.13 Å². The molecule has 2 fully saturated rings. The highest BCUT2D eigenvalue weighted by molar-refractivity contribution is 7.16. The Hall–Kier alpha value is -2.25. The number of hydrogen-bond donors (Lipinski definition) is 2. The Kier molecular flexibility index (Phi) is 4.52. The highest BCUT2D eigenvalue weighted by Crippen LogP contribution is 2.44. The predicted octanol–water partition coefficient (Wildman–Crippen LogP) is 3.55. The van der Waals surface area contributed by atoms with E-state index in [1.807, 2.05) is 13.0 Å². The van der Waals surface area contributed by atoms with Crippen LogP contribution in [0.2, 0.25) is 0 Å². The van der Waals surface area contributed by atoms with Gasteiger partial charge in [0.15, 0.2) is 5.13 Å². The number of aryl methyl sites for hydroxylation is 3. The Balaban J connectivity index is 1.56. The second-order valence-electron chi connectivity index (χ2n) is 7.39. The van der Waals surface area contributed by atoms with Gasteiger partial charge in [-0.1, -0.05) is 12.1 Å². The molecule has 142 valence electrons. The fraction of sp³-hybridized carbons (Fsp3) is 0.450. The molecule has 4 atom stereocenters. The molecule has 2 bridgehead atoms. The van der Waals surface area contributed by atoms with Gasteiger partial charge in [-0.3, -0.25) is 9.59 Å². The maximum absolute atomic E-state index is 12.8. The molecule has 2 N–H and O–H groups in total. The first kappa shape index (κ1) is 18.1. The van der Waals surface area contributed by atoms with E-state index in [-0.39, 0.29) is 18.1 Å². The maximum Gasteiger partial charge on any atom is 0.310 e. The summed E-state index contributed by atoms with van der Waals surface area (Å²) in [5.74, 6) is -2.71. The van der Waals surface area contributed by atoms with Crippen LogP contribution in [0, 0.1) is 32.6 Å². The highest BCUT2D eigenvalue weighted by Gasteiger charge is 2.55. The van der Waals surface area contributed by atoms with Gasteiger partial charge in [-0.25, -0.2) is 4.98 Å². The van der Waals surface area contributed by atoms with Crippen molar-refractivity contribution in [2.45, 2.75) is 45.8 Å². The molecule has 0 radical (unpaired) electrons. The van der Waals surface area contributed by atoms with Gasteiger partial charge in [0.2, 0.25) is 5.91 Å². The highest BCUT2D eigenvalue weighted by atomic mass is 32.1. The third kappa shape index (κ3) is 3.15. The fourth-order valence-corrected chi connectivity index (χ4v) is 4.96. The molecule has 3 heterocycles. The Morgan fingerprint density at radius 2 is 1.85 bits per heavy atom. The summed E-state index contributed by atoms with van der Waals surface area (Å²) < 4.78 is 5.68. The average molecular weight is 386 g/mol. The molecule has 2 aromatic rings. The van der Waals surface area contributed by atoms with Crippen molar-refractivity contribution in [1.82, 2.24) is 4.98 Å². The number of ether oxygens (including phenoxy) is 1. The van der Waals surface area contributed by atoms with Crippen molar-refractivity contribution in [3.63, 3.8) is 0 Å². The smallest absolute Gasteiger partial charge is 0.310 e. The normalized spacial score (nSPS) is 26.3. The van der Waals surface area contributed by atoms with Gasteiger partial charge in [0.25, 0.3) is 0 Å². The first-order chi connectivity index (χ1) is 12.8. The zero-order valence-corrected chi connectivity index (χ0v) is 16.3. The van der Waals surface area contributed by atoms with Crippen molar-refractivity contribution < 1.29 is 19.4 Å². The van der Waals surface area contributed by atoms with Crippen LogP contribution in [0.3, 0.4) is 0 Å². The Morgan fingerprint density at radius 1 is 1.15 bits per heavy atom. The molecule has 1 aromatic heterocycles. The second kappa shape index (κ2) is 6.73. The van der Waals surface area contributed by atoms with Crippen molar-refractivity contribution >= 4 is 28.3 Å². The number of rotatable bonds is 4. The lowest BCUT2D eigenvalue weighted by molar-refractivity contribution is -0.147. The number of anilines is 1. The summed E-state index contributed by atoms with van der Waals surface area (Å²) in [6, 6.07) is 6.18. The maximum atomic E-state index is 12.8. The van der Waals surface area contributed by atoms with Crippen LogP contribution in [-0.2, 0) is 14.3 Å². The van der Waals surface area contributed by atoms with Crippen molar-refractivity contribution in [2.24, 2.45) is 11.8 Å². The molecule has 4 rings (SSSR count). The van der Waals surface area contributed by atoms with Crippen LogP contribution in [0.5, 0.6) is 0 Å². The van der Waals surface area contributed by atoms with Gasteiger partial charge in [-0.05, 0) is 50.8 Å². The van der Waals surface area contributed by atoms with Gasteiger partial charge in [-0.2, -0.15) is 0 Å². The van der Waals surface area contributed by atoms with Crippen molar-refractivity contribution in [2.75, 3.05) is 5.32 Å². The fourth-order valence-electron chi connectivity index (χ4n) is 4.12. The SMILES string of the molecule is Cc1ccc(-c2nc(NC(=O)[C@H]3[C@H](C(=O)O)[C@H]4CC[C@H]3O4)sc2C)cc1C. The van der Waals surface area contributed by atoms with E-state index < -0.39 is 17.8 Å². The topological polar surface area (TPSA) is 88.5 Å². The molecule has 2 saturated heterocycles. The molecule has 6 nitrogen and oxygen atoms in total. The zero-order valence-electron chi connectivity index (χ0n) is 15.5. The van der Waals surface area contributed by atoms with Gasteiger partial charge < -0.3 is 15.2 Å². The molecule has 1 aromatic carbocycles. The summed E-state index contributed by atoms with van der Waals surface area (Å²) in [7, 11) is 0. The van der Waals surface area contributed by atoms with Crippen LogP contribution in [0.1, 0.15) is 28.8 Å². The van der Waals surface area contributed by atoms with Gasteiger partial charge in [0.05, 0.1) is 29.7 Å². The van der Waals surface area contributed by atoms with Gasteiger partial charge >= 0.3 is 5.97 Å². The lowest BCUT2D eigenvalue weighted by Gasteiger charge is -2.23. The number of carbonyl (C=O) groups excluding carboxylic acids is 1.